The molecule has 0 radical (unpaired) electrons. The third-order valence-corrected chi connectivity index (χ3v) is 2.71. The van der Waals surface area contributed by atoms with Crippen LogP contribution in [-0.2, 0) is 0 Å². The Morgan fingerprint density at radius 2 is 1.73 bits per heavy atom. The zero-order valence-electron chi connectivity index (χ0n) is 6.85. The van der Waals surface area contributed by atoms with Gasteiger partial charge in [0.25, 0.3) is 0 Å². The van der Waals surface area contributed by atoms with Crippen LogP contribution < -0.4 is 5.32 Å². The molecular formula is C9H16FN. The Morgan fingerprint density at radius 1 is 1.00 bits per heavy atom. The number of hydrogen-bond donors (Lipinski definition) is 1. The topological polar surface area (TPSA) is 12.0 Å². The van der Waals surface area contributed by atoms with Crippen molar-refractivity contribution in [1.29, 1.82) is 0 Å². The summed E-state index contributed by atoms with van der Waals surface area (Å²) in [7, 11) is 0. The first-order chi connectivity index (χ1) is 5.36. The van der Waals surface area contributed by atoms with Crippen molar-refractivity contribution in [1.82, 2.24) is 5.32 Å². The van der Waals surface area contributed by atoms with Crippen molar-refractivity contribution in [3.63, 3.8) is 0 Å². The molecule has 1 N–H and O–H groups in total. The Balaban J connectivity index is 1.78. The molecule has 11 heavy (non-hydrogen) atoms. The van der Waals surface area contributed by atoms with E-state index in [1.165, 1.54) is 19.3 Å². The molecule has 0 unspecified atom stereocenters. The third kappa shape index (κ3) is 1.92. The predicted molar refractivity (Wildman–Crippen MR) is 43.3 cm³/mol. The standard InChI is InChI=1S/C9H16FN/c10-8-3-1-2-4-9(8)11-7-5-6-7/h7-9,11H,1-6H2/t8-,9+/m1/s1. The van der Waals surface area contributed by atoms with Crippen LogP contribution in [0.15, 0.2) is 0 Å². The molecule has 2 atom stereocenters. The van der Waals surface area contributed by atoms with Gasteiger partial charge in [-0.2, -0.15) is 0 Å². The summed E-state index contributed by atoms with van der Waals surface area (Å²) in [6, 6.07) is 0.854. The first-order valence-corrected chi connectivity index (χ1v) is 4.76. The lowest BCUT2D eigenvalue weighted by molar-refractivity contribution is 0.188. The van der Waals surface area contributed by atoms with Gasteiger partial charge < -0.3 is 5.32 Å². The molecule has 2 aliphatic rings. The molecule has 0 heterocycles. The highest BCUT2D eigenvalue weighted by Gasteiger charge is 2.30. The van der Waals surface area contributed by atoms with Crippen molar-refractivity contribution < 1.29 is 4.39 Å². The van der Waals surface area contributed by atoms with Gasteiger partial charge in [-0.05, 0) is 25.7 Å². The number of nitrogens with one attached hydrogen (secondary N) is 1. The van der Waals surface area contributed by atoms with Gasteiger partial charge in [-0.1, -0.05) is 12.8 Å². The van der Waals surface area contributed by atoms with Crippen LogP contribution in [0.1, 0.15) is 38.5 Å². The normalized spacial score (nSPS) is 39.0. The van der Waals surface area contributed by atoms with Crippen molar-refractivity contribution >= 4 is 0 Å². The summed E-state index contributed by atoms with van der Waals surface area (Å²) >= 11 is 0. The maximum absolute atomic E-state index is 13.2. The molecule has 1 nitrogen and oxygen atoms in total. The average molecular weight is 157 g/mol. The van der Waals surface area contributed by atoms with Crippen molar-refractivity contribution in [3.05, 3.63) is 0 Å². The fourth-order valence-electron chi connectivity index (χ4n) is 1.83. The van der Waals surface area contributed by atoms with Crippen LogP contribution >= 0.6 is 0 Å². The summed E-state index contributed by atoms with van der Waals surface area (Å²) in [4.78, 5) is 0. The molecule has 2 saturated carbocycles. The van der Waals surface area contributed by atoms with Crippen LogP contribution in [0.2, 0.25) is 0 Å². The smallest absolute Gasteiger partial charge is 0.115 e. The van der Waals surface area contributed by atoms with E-state index in [0.717, 1.165) is 19.3 Å². The van der Waals surface area contributed by atoms with E-state index in [1.54, 1.807) is 0 Å². The molecule has 0 spiro atoms. The summed E-state index contributed by atoms with van der Waals surface area (Å²) in [6.45, 7) is 0. The van der Waals surface area contributed by atoms with E-state index in [-0.39, 0.29) is 6.04 Å². The minimum Gasteiger partial charge on any atom is -0.308 e. The molecule has 0 aliphatic heterocycles. The first-order valence-electron chi connectivity index (χ1n) is 4.76. The number of alkyl halides is 1. The van der Waals surface area contributed by atoms with Crippen LogP contribution in [0.5, 0.6) is 0 Å². The number of rotatable bonds is 2. The average Bonchev–Trinajstić information content (AvgIpc) is 2.78. The van der Waals surface area contributed by atoms with Crippen molar-refractivity contribution in [2.45, 2.75) is 56.8 Å². The Hall–Kier alpha value is -0.110. The van der Waals surface area contributed by atoms with Gasteiger partial charge in [-0.25, -0.2) is 4.39 Å². The highest BCUT2D eigenvalue weighted by atomic mass is 19.1. The van der Waals surface area contributed by atoms with E-state index in [1.807, 2.05) is 0 Å². The zero-order valence-corrected chi connectivity index (χ0v) is 6.85. The highest BCUT2D eigenvalue weighted by Crippen LogP contribution is 2.26. The molecular weight excluding hydrogens is 141 g/mol. The summed E-state index contributed by atoms with van der Waals surface area (Å²) in [6.07, 6.45) is 6.10. The molecule has 2 aliphatic carbocycles. The van der Waals surface area contributed by atoms with Crippen LogP contribution in [0, 0.1) is 0 Å². The van der Waals surface area contributed by atoms with Crippen molar-refractivity contribution in [3.8, 4) is 0 Å². The van der Waals surface area contributed by atoms with E-state index in [4.69, 9.17) is 0 Å². The molecule has 64 valence electrons. The van der Waals surface area contributed by atoms with Crippen molar-refractivity contribution in [2.24, 2.45) is 0 Å². The first kappa shape index (κ1) is 7.53. The van der Waals surface area contributed by atoms with Gasteiger partial charge in [0.05, 0.1) is 0 Å². The summed E-state index contributed by atoms with van der Waals surface area (Å²) < 4.78 is 13.2. The van der Waals surface area contributed by atoms with Crippen LogP contribution in [0.4, 0.5) is 4.39 Å². The fourth-order valence-corrected chi connectivity index (χ4v) is 1.83. The molecule has 2 rings (SSSR count). The Kier molecular flexibility index (Phi) is 2.12. The molecule has 0 aromatic rings. The van der Waals surface area contributed by atoms with E-state index >= 15 is 0 Å². The van der Waals surface area contributed by atoms with Crippen LogP contribution in [-0.4, -0.2) is 18.3 Å². The Morgan fingerprint density at radius 3 is 2.36 bits per heavy atom. The Labute approximate surface area is 67.4 Å². The molecule has 0 amide bonds. The molecule has 0 aromatic heterocycles. The molecule has 2 heteroatoms. The minimum atomic E-state index is -0.565. The quantitative estimate of drug-likeness (QED) is 0.646. The number of halogens is 1. The van der Waals surface area contributed by atoms with Crippen LogP contribution in [0.3, 0.4) is 0 Å². The van der Waals surface area contributed by atoms with Gasteiger partial charge in [0.1, 0.15) is 6.17 Å². The van der Waals surface area contributed by atoms with Gasteiger partial charge in [0, 0.05) is 12.1 Å². The van der Waals surface area contributed by atoms with Gasteiger partial charge in [-0.3, -0.25) is 0 Å². The molecule has 0 saturated heterocycles. The summed E-state index contributed by atoms with van der Waals surface area (Å²) in [5.41, 5.74) is 0. The Bertz CT molecular complexity index is 134. The molecule has 2 fully saturated rings. The lowest BCUT2D eigenvalue weighted by Gasteiger charge is -2.26. The second-order valence-corrected chi connectivity index (χ2v) is 3.85. The SMILES string of the molecule is F[C@@H]1CCCC[C@@H]1NC1CC1. The lowest BCUT2D eigenvalue weighted by atomic mass is 9.93. The van der Waals surface area contributed by atoms with Crippen molar-refractivity contribution in [2.75, 3.05) is 0 Å². The maximum atomic E-state index is 13.2. The zero-order chi connectivity index (χ0) is 7.68. The summed E-state index contributed by atoms with van der Waals surface area (Å²) in [5, 5.41) is 3.37. The third-order valence-electron chi connectivity index (χ3n) is 2.71. The minimum absolute atomic E-state index is 0.191. The number of hydrogen-bond acceptors (Lipinski definition) is 1. The predicted octanol–water partition coefficient (Wildman–Crippen LogP) is 2.02. The van der Waals surface area contributed by atoms with E-state index < -0.39 is 6.17 Å². The summed E-state index contributed by atoms with van der Waals surface area (Å²) in [5.74, 6) is 0. The second-order valence-electron chi connectivity index (χ2n) is 3.85. The molecule has 0 aromatic carbocycles. The van der Waals surface area contributed by atoms with E-state index in [0.29, 0.717) is 6.04 Å². The molecule has 0 bridgehead atoms. The van der Waals surface area contributed by atoms with E-state index in [9.17, 15) is 4.39 Å². The van der Waals surface area contributed by atoms with E-state index in [2.05, 4.69) is 5.32 Å². The maximum Gasteiger partial charge on any atom is 0.115 e. The monoisotopic (exact) mass is 157 g/mol. The fraction of sp³-hybridized carbons (Fsp3) is 1.00. The van der Waals surface area contributed by atoms with Crippen LogP contribution in [0.25, 0.3) is 0 Å². The lowest BCUT2D eigenvalue weighted by Crippen LogP contribution is -2.40. The van der Waals surface area contributed by atoms with Gasteiger partial charge in [-0.15, -0.1) is 0 Å². The van der Waals surface area contributed by atoms with Gasteiger partial charge in [0.15, 0.2) is 0 Å². The highest BCUT2D eigenvalue weighted by molar-refractivity contribution is 4.89. The second kappa shape index (κ2) is 3.10. The van der Waals surface area contributed by atoms with Gasteiger partial charge >= 0.3 is 0 Å². The van der Waals surface area contributed by atoms with Gasteiger partial charge in [0.2, 0.25) is 0 Å². The largest absolute Gasteiger partial charge is 0.308 e.